The van der Waals surface area contributed by atoms with Crippen LogP contribution in [0.15, 0.2) is 12.2 Å². The fourth-order valence-corrected chi connectivity index (χ4v) is 1.37. The fraction of sp³-hybridized carbons (Fsp3) is 0.714. The van der Waals surface area contributed by atoms with Crippen LogP contribution in [0.3, 0.4) is 0 Å². The fourth-order valence-electron chi connectivity index (χ4n) is 1.37. The van der Waals surface area contributed by atoms with E-state index in [9.17, 15) is 9.59 Å². The van der Waals surface area contributed by atoms with Gasteiger partial charge in [0.2, 0.25) is 0 Å². The summed E-state index contributed by atoms with van der Waals surface area (Å²) in [5.74, 6) is -0.980. The predicted octanol–water partition coefficient (Wildman–Crippen LogP) is 3.01. The third-order valence-corrected chi connectivity index (χ3v) is 2.45. The van der Waals surface area contributed by atoms with Crippen molar-refractivity contribution in [3.8, 4) is 0 Å². The SMILES string of the molecule is CCCCOC(=O)/C=C/C(=O)OC(CC)CCC. The number of hydrogen-bond donors (Lipinski definition) is 0. The summed E-state index contributed by atoms with van der Waals surface area (Å²) in [6.45, 7) is 6.41. The van der Waals surface area contributed by atoms with Crippen molar-refractivity contribution in [2.45, 2.75) is 59.0 Å². The van der Waals surface area contributed by atoms with Gasteiger partial charge in [-0.15, -0.1) is 0 Å². The Balaban J connectivity index is 3.94. The van der Waals surface area contributed by atoms with E-state index >= 15 is 0 Å². The van der Waals surface area contributed by atoms with Crippen molar-refractivity contribution in [2.75, 3.05) is 6.61 Å². The van der Waals surface area contributed by atoms with Crippen LogP contribution in [0.5, 0.6) is 0 Å². The molecule has 1 atom stereocenters. The summed E-state index contributed by atoms with van der Waals surface area (Å²) in [5, 5.41) is 0. The van der Waals surface area contributed by atoms with Crippen LogP contribution >= 0.6 is 0 Å². The van der Waals surface area contributed by atoms with E-state index in [0.29, 0.717) is 6.61 Å². The van der Waals surface area contributed by atoms with Crippen molar-refractivity contribution < 1.29 is 19.1 Å². The average molecular weight is 256 g/mol. The minimum Gasteiger partial charge on any atom is -0.463 e. The lowest BCUT2D eigenvalue weighted by atomic mass is 10.2. The van der Waals surface area contributed by atoms with Gasteiger partial charge in [0, 0.05) is 12.2 Å². The normalized spacial score (nSPS) is 12.4. The largest absolute Gasteiger partial charge is 0.463 e. The van der Waals surface area contributed by atoms with Crippen LogP contribution in [-0.4, -0.2) is 24.6 Å². The molecule has 0 aliphatic heterocycles. The maximum Gasteiger partial charge on any atom is 0.331 e. The van der Waals surface area contributed by atoms with Crippen molar-refractivity contribution in [3.63, 3.8) is 0 Å². The maximum absolute atomic E-state index is 11.4. The molecule has 0 aromatic heterocycles. The van der Waals surface area contributed by atoms with E-state index < -0.39 is 11.9 Å². The minimum atomic E-state index is -0.496. The van der Waals surface area contributed by atoms with Crippen molar-refractivity contribution >= 4 is 11.9 Å². The van der Waals surface area contributed by atoms with Gasteiger partial charge in [0.25, 0.3) is 0 Å². The summed E-state index contributed by atoms with van der Waals surface area (Å²) in [4.78, 5) is 22.6. The van der Waals surface area contributed by atoms with E-state index in [-0.39, 0.29) is 6.10 Å². The highest BCUT2D eigenvalue weighted by molar-refractivity contribution is 5.91. The number of hydrogen-bond acceptors (Lipinski definition) is 4. The Hall–Kier alpha value is -1.32. The zero-order valence-corrected chi connectivity index (χ0v) is 11.6. The van der Waals surface area contributed by atoms with E-state index in [0.717, 1.165) is 44.3 Å². The lowest BCUT2D eigenvalue weighted by Gasteiger charge is -2.13. The number of ether oxygens (including phenoxy) is 2. The third-order valence-electron chi connectivity index (χ3n) is 2.45. The number of carbonyl (C=O) groups excluding carboxylic acids is 2. The quantitative estimate of drug-likeness (QED) is 0.361. The Morgan fingerprint density at radius 1 is 1.06 bits per heavy atom. The molecule has 0 spiro atoms. The first-order valence-electron chi connectivity index (χ1n) is 6.69. The zero-order chi connectivity index (χ0) is 13.8. The second kappa shape index (κ2) is 10.8. The van der Waals surface area contributed by atoms with Gasteiger partial charge in [0.1, 0.15) is 6.10 Å². The minimum absolute atomic E-state index is 0.0664. The number of carbonyl (C=O) groups is 2. The molecule has 1 unspecified atom stereocenters. The molecule has 0 radical (unpaired) electrons. The second-order valence-corrected chi connectivity index (χ2v) is 4.11. The molecule has 0 saturated heterocycles. The van der Waals surface area contributed by atoms with Crippen molar-refractivity contribution in [1.29, 1.82) is 0 Å². The van der Waals surface area contributed by atoms with Crippen LogP contribution in [0.1, 0.15) is 52.9 Å². The predicted molar refractivity (Wildman–Crippen MR) is 70.1 cm³/mol. The van der Waals surface area contributed by atoms with Crippen LogP contribution < -0.4 is 0 Å². The second-order valence-electron chi connectivity index (χ2n) is 4.11. The monoisotopic (exact) mass is 256 g/mol. The summed E-state index contributed by atoms with van der Waals surface area (Å²) in [5.41, 5.74) is 0. The van der Waals surface area contributed by atoms with E-state index in [2.05, 4.69) is 0 Å². The van der Waals surface area contributed by atoms with Crippen LogP contribution in [-0.2, 0) is 19.1 Å². The molecule has 0 aromatic rings. The summed E-state index contributed by atoms with van der Waals surface area (Å²) >= 11 is 0. The molecule has 0 rings (SSSR count). The molecular formula is C14H24O4. The first kappa shape index (κ1) is 16.7. The van der Waals surface area contributed by atoms with Gasteiger partial charge < -0.3 is 9.47 Å². The zero-order valence-electron chi connectivity index (χ0n) is 11.6. The first-order chi connectivity index (χ1) is 8.63. The molecule has 0 amide bonds. The van der Waals surface area contributed by atoms with E-state index in [1.165, 1.54) is 0 Å². The standard InChI is InChI=1S/C14H24O4/c1-4-7-11-17-13(15)9-10-14(16)18-12(6-3)8-5-2/h9-10,12H,4-8,11H2,1-3H3/b10-9+. The van der Waals surface area contributed by atoms with E-state index in [4.69, 9.17) is 9.47 Å². The summed E-state index contributed by atoms with van der Waals surface area (Å²) < 4.78 is 10.1. The third kappa shape index (κ3) is 8.79. The summed E-state index contributed by atoms with van der Waals surface area (Å²) in [6, 6.07) is 0. The molecule has 0 bridgehead atoms. The molecule has 104 valence electrons. The molecule has 0 aromatic carbocycles. The first-order valence-corrected chi connectivity index (χ1v) is 6.69. The molecule has 18 heavy (non-hydrogen) atoms. The molecule has 0 heterocycles. The van der Waals surface area contributed by atoms with Gasteiger partial charge >= 0.3 is 11.9 Å². The molecule has 0 aliphatic carbocycles. The maximum atomic E-state index is 11.4. The van der Waals surface area contributed by atoms with Crippen LogP contribution in [0.2, 0.25) is 0 Å². The number of unbranched alkanes of at least 4 members (excludes halogenated alkanes) is 1. The molecule has 0 saturated carbocycles. The highest BCUT2D eigenvalue weighted by atomic mass is 16.5. The molecular weight excluding hydrogens is 232 g/mol. The van der Waals surface area contributed by atoms with Gasteiger partial charge in [-0.1, -0.05) is 33.6 Å². The van der Waals surface area contributed by atoms with Gasteiger partial charge in [-0.3, -0.25) is 0 Å². The van der Waals surface area contributed by atoms with Crippen LogP contribution in [0, 0.1) is 0 Å². The van der Waals surface area contributed by atoms with Gasteiger partial charge in [-0.25, -0.2) is 9.59 Å². The lowest BCUT2D eigenvalue weighted by Crippen LogP contribution is -2.16. The van der Waals surface area contributed by atoms with E-state index in [1.54, 1.807) is 0 Å². The average Bonchev–Trinajstić information content (AvgIpc) is 2.36. The van der Waals surface area contributed by atoms with E-state index in [1.807, 2.05) is 20.8 Å². The summed E-state index contributed by atoms with van der Waals surface area (Å²) in [7, 11) is 0. The molecule has 0 fully saturated rings. The van der Waals surface area contributed by atoms with Gasteiger partial charge in [0.15, 0.2) is 0 Å². The highest BCUT2D eigenvalue weighted by Gasteiger charge is 2.09. The molecule has 0 aliphatic rings. The Morgan fingerprint density at radius 3 is 2.28 bits per heavy atom. The van der Waals surface area contributed by atoms with Gasteiger partial charge in [0.05, 0.1) is 6.61 Å². The highest BCUT2D eigenvalue weighted by Crippen LogP contribution is 2.06. The number of rotatable bonds is 9. The molecule has 4 nitrogen and oxygen atoms in total. The number of esters is 2. The Morgan fingerprint density at radius 2 is 1.72 bits per heavy atom. The summed E-state index contributed by atoms with van der Waals surface area (Å²) in [6.07, 6.45) is 6.58. The van der Waals surface area contributed by atoms with Gasteiger partial charge in [-0.05, 0) is 19.3 Å². The topological polar surface area (TPSA) is 52.6 Å². The van der Waals surface area contributed by atoms with Crippen molar-refractivity contribution in [1.82, 2.24) is 0 Å². The Bertz CT molecular complexity index is 271. The van der Waals surface area contributed by atoms with Gasteiger partial charge in [-0.2, -0.15) is 0 Å². The lowest BCUT2D eigenvalue weighted by molar-refractivity contribution is -0.144. The Labute approximate surface area is 109 Å². The van der Waals surface area contributed by atoms with Crippen LogP contribution in [0.25, 0.3) is 0 Å². The van der Waals surface area contributed by atoms with Crippen LogP contribution in [0.4, 0.5) is 0 Å². The molecule has 4 heteroatoms. The smallest absolute Gasteiger partial charge is 0.331 e. The van der Waals surface area contributed by atoms with Crippen molar-refractivity contribution in [3.05, 3.63) is 12.2 Å². The Kier molecular flexibility index (Phi) is 10.0. The molecule has 0 N–H and O–H groups in total. The van der Waals surface area contributed by atoms with Crippen molar-refractivity contribution in [2.24, 2.45) is 0 Å².